The van der Waals surface area contributed by atoms with Crippen LogP contribution in [0.5, 0.6) is 0 Å². The maximum absolute atomic E-state index is 12.0. The van der Waals surface area contributed by atoms with E-state index in [9.17, 15) is 9.90 Å². The van der Waals surface area contributed by atoms with Crippen molar-refractivity contribution in [3.63, 3.8) is 0 Å². The summed E-state index contributed by atoms with van der Waals surface area (Å²) in [5.74, 6) is -0.338. The first kappa shape index (κ1) is 14.3. The molecule has 0 saturated heterocycles. The number of esters is 1. The van der Waals surface area contributed by atoms with E-state index in [1.165, 1.54) is 11.3 Å². The quantitative estimate of drug-likeness (QED) is 0.852. The van der Waals surface area contributed by atoms with Crippen LogP contribution in [0.3, 0.4) is 0 Å². The summed E-state index contributed by atoms with van der Waals surface area (Å²) in [6.45, 7) is 5.38. The normalized spacial score (nSPS) is 11.8. The van der Waals surface area contributed by atoms with Crippen molar-refractivity contribution in [1.29, 1.82) is 0 Å². The maximum atomic E-state index is 12.0. The Hall–Kier alpha value is -1.10. The number of thiophene rings is 1. The molecule has 0 spiro atoms. The fourth-order valence-corrected chi connectivity index (χ4v) is 2.87. The van der Waals surface area contributed by atoms with Crippen molar-refractivity contribution in [3.05, 3.63) is 33.7 Å². The lowest BCUT2D eigenvalue weighted by atomic mass is 10.2. The molecule has 102 valence electrons. The molecule has 0 aliphatic carbocycles. The van der Waals surface area contributed by atoms with Crippen LogP contribution >= 0.6 is 22.9 Å². The Morgan fingerprint density at radius 3 is 2.63 bits per heavy atom. The topological polar surface area (TPSA) is 46.5 Å². The standard InChI is InChI=1S/C14H15ClO3S/c1-14(2,3)18-13(17)12-5-8-4-10(15)9(7-16)6-11(8)19-12/h4-6,16H,7H2,1-3H3. The first-order chi connectivity index (χ1) is 8.80. The van der Waals surface area contributed by atoms with Crippen molar-refractivity contribution in [3.8, 4) is 0 Å². The van der Waals surface area contributed by atoms with E-state index in [2.05, 4.69) is 0 Å². The van der Waals surface area contributed by atoms with Gasteiger partial charge in [0.05, 0.1) is 6.61 Å². The lowest BCUT2D eigenvalue weighted by Crippen LogP contribution is -2.23. The SMILES string of the molecule is CC(C)(C)OC(=O)c1cc2cc(Cl)c(CO)cc2s1. The highest BCUT2D eigenvalue weighted by molar-refractivity contribution is 7.20. The predicted octanol–water partition coefficient (Wildman–Crippen LogP) is 4.00. The van der Waals surface area contributed by atoms with Crippen LogP contribution in [0.4, 0.5) is 0 Å². The van der Waals surface area contributed by atoms with E-state index >= 15 is 0 Å². The average Bonchev–Trinajstić information content (AvgIpc) is 2.68. The van der Waals surface area contributed by atoms with Crippen molar-refractivity contribution in [1.82, 2.24) is 0 Å². The highest BCUT2D eigenvalue weighted by Crippen LogP contribution is 2.31. The highest BCUT2D eigenvalue weighted by atomic mass is 35.5. The Bertz CT molecular complexity index is 625. The second-order valence-electron chi connectivity index (χ2n) is 5.25. The van der Waals surface area contributed by atoms with Crippen LogP contribution in [0.1, 0.15) is 36.0 Å². The van der Waals surface area contributed by atoms with E-state index in [1.807, 2.05) is 20.8 Å². The van der Waals surface area contributed by atoms with Crippen LogP contribution in [-0.4, -0.2) is 16.7 Å². The number of fused-ring (bicyclic) bond motifs is 1. The van der Waals surface area contributed by atoms with Gasteiger partial charge < -0.3 is 9.84 Å². The van der Waals surface area contributed by atoms with Crippen LogP contribution in [0.25, 0.3) is 10.1 Å². The van der Waals surface area contributed by atoms with Gasteiger partial charge in [-0.25, -0.2) is 4.79 Å². The average molecular weight is 299 g/mol. The number of carbonyl (C=O) groups is 1. The Balaban J connectivity index is 2.39. The number of aliphatic hydroxyl groups excluding tert-OH is 1. The Kier molecular flexibility index (Phi) is 3.85. The monoisotopic (exact) mass is 298 g/mol. The van der Waals surface area contributed by atoms with Gasteiger partial charge in [-0.15, -0.1) is 11.3 Å². The summed E-state index contributed by atoms with van der Waals surface area (Å²) in [4.78, 5) is 12.5. The number of aliphatic hydroxyl groups is 1. The van der Waals surface area contributed by atoms with Crippen molar-refractivity contribution in [2.75, 3.05) is 0 Å². The Labute approximate surface area is 120 Å². The number of halogens is 1. The van der Waals surface area contributed by atoms with E-state index in [0.717, 1.165) is 10.1 Å². The van der Waals surface area contributed by atoms with Gasteiger partial charge >= 0.3 is 5.97 Å². The largest absolute Gasteiger partial charge is 0.456 e. The summed E-state index contributed by atoms with van der Waals surface area (Å²) in [6.07, 6.45) is 0. The molecule has 0 bridgehead atoms. The van der Waals surface area contributed by atoms with Gasteiger partial charge in [0.15, 0.2) is 0 Å². The lowest BCUT2D eigenvalue weighted by molar-refractivity contribution is 0.00753. The molecule has 2 rings (SSSR count). The second-order valence-corrected chi connectivity index (χ2v) is 6.74. The van der Waals surface area contributed by atoms with Gasteiger partial charge in [-0.3, -0.25) is 0 Å². The molecule has 0 amide bonds. The van der Waals surface area contributed by atoms with Gasteiger partial charge in [-0.1, -0.05) is 11.6 Å². The first-order valence-electron chi connectivity index (χ1n) is 5.86. The van der Waals surface area contributed by atoms with E-state index in [0.29, 0.717) is 15.5 Å². The molecule has 0 aliphatic heterocycles. The van der Waals surface area contributed by atoms with Crippen molar-refractivity contribution < 1.29 is 14.6 Å². The molecule has 19 heavy (non-hydrogen) atoms. The molecule has 0 unspecified atom stereocenters. The molecular formula is C14H15ClO3S. The third-order valence-electron chi connectivity index (χ3n) is 2.46. The molecule has 0 radical (unpaired) electrons. The molecule has 0 aliphatic rings. The van der Waals surface area contributed by atoms with Gasteiger partial charge in [0.2, 0.25) is 0 Å². The summed E-state index contributed by atoms with van der Waals surface area (Å²) in [5.41, 5.74) is 0.146. The molecule has 3 nitrogen and oxygen atoms in total. The third kappa shape index (κ3) is 3.26. The number of rotatable bonds is 2. The van der Waals surface area contributed by atoms with Crippen molar-refractivity contribution in [2.45, 2.75) is 33.0 Å². The smallest absolute Gasteiger partial charge is 0.348 e. The molecular weight excluding hydrogens is 284 g/mol. The maximum Gasteiger partial charge on any atom is 0.348 e. The van der Waals surface area contributed by atoms with E-state index in [-0.39, 0.29) is 12.6 Å². The minimum Gasteiger partial charge on any atom is -0.456 e. The fourth-order valence-electron chi connectivity index (χ4n) is 1.65. The molecule has 0 saturated carbocycles. The number of hydrogen-bond acceptors (Lipinski definition) is 4. The number of carbonyl (C=O) groups excluding carboxylic acids is 1. The number of benzene rings is 1. The zero-order valence-corrected chi connectivity index (χ0v) is 12.6. The molecule has 1 heterocycles. The van der Waals surface area contributed by atoms with Gasteiger partial charge in [-0.05, 0) is 49.9 Å². The van der Waals surface area contributed by atoms with Crippen molar-refractivity contribution in [2.24, 2.45) is 0 Å². The summed E-state index contributed by atoms with van der Waals surface area (Å²) in [5, 5.41) is 10.6. The fraction of sp³-hybridized carbons (Fsp3) is 0.357. The number of hydrogen-bond donors (Lipinski definition) is 1. The Morgan fingerprint density at radius 1 is 1.37 bits per heavy atom. The third-order valence-corrected chi connectivity index (χ3v) is 3.89. The first-order valence-corrected chi connectivity index (χ1v) is 7.06. The molecule has 5 heteroatoms. The van der Waals surface area contributed by atoms with Gasteiger partial charge in [0.25, 0.3) is 0 Å². The summed E-state index contributed by atoms with van der Waals surface area (Å²) in [6, 6.07) is 5.32. The van der Waals surface area contributed by atoms with E-state index in [1.54, 1.807) is 18.2 Å². The molecule has 1 N–H and O–H groups in total. The Morgan fingerprint density at radius 2 is 2.05 bits per heavy atom. The van der Waals surface area contributed by atoms with E-state index < -0.39 is 5.60 Å². The molecule has 2 aromatic rings. The molecule has 0 fully saturated rings. The lowest BCUT2D eigenvalue weighted by Gasteiger charge is -2.18. The molecule has 0 atom stereocenters. The van der Waals surface area contributed by atoms with Crippen LogP contribution in [-0.2, 0) is 11.3 Å². The summed E-state index contributed by atoms with van der Waals surface area (Å²) in [7, 11) is 0. The minimum absolute atomic E-state index is 0.117. The van der Waals surface area contributed by atoms with Crippen LogP contribution in [0.2, 0.25) is 5.02 Å². The van der Waals surface area contributed by atoms with Crippen LogP contribution < -0.4 is 0 Å². The molecule has 1 aromatic carbocycles. The van der Waals surface area contributed by atoms with Crippen molar-refractivity contribution >= 4 is 39.0 Å². The predicted molar refractivity (Wildman–Crippen MR) is 77.9 cm³/mol. The van der Waals surface area contributed by atoms with Crippen LogP contribution in [0, 0.1) is 0 Å². The highest BCUT2D eigenvalue weighted by Gasteiger charge is 2.20. The van der Waals surface area contributed by atoms with Gasteiger partial charge in [0.1, 0.15) is 10.5 Å². The zero-order chi connectivity index (χ0) is 14.2. The minimum atomic E-state index is -0.513. The van der Waals surface area contributed by atoms with Gasteiger partial charge in [-0.2, -0.15) is 0 Å². The van der Waals surface area contributed by atoms with E-state index in [4.69, 9.17) is 16.3 Å². The van der Waals surface area contributed by atoms with Gasteiger partial charge in [0, 0.05) is 9.72 Å². The zero-order valence-electron chi connectivity index (χ0n) is 11.0. The molecule has 1 aromatic heterocycles. The summed E-state index contributed by atoms with van der Waals surface area (Å²) < 4.78 is 6.24. The van der Waals surface area contributed by atoms with Crippen LogP contribution in [0.15, 0.2) is 18.2 Å². The second kappa shape index (κ2) is 5.12. The summed E-state index contributed by atoms with van der Waals surface area (Å²) >= 11 is 7.37. The number of ether oxygens (including phenoxy) is 1.